The molecule has 1 amide bonds. The van der Waals surface area contributed by atoms with Gasteiger partial charge in [0.1, 0.15) is 11.6 Å². The number of piperazine rings is 1. The first-order chi connectivity index (χ1) is 14.8. The van der Waals surface area contributed by atoms with Crippen LogP contribution in [0.25, 0.3) is 10.1 Å². The standard InChI is InChI=1S/C21H20F2N2O4S2/c1-29-13-16-19-17(23)3-2-4-18(19)30-20(16)21(26)24-9-11-25(12-10-24)31(27,28)15-7-5-14(22)6-8-15/h2-8H,9-13H2,1H3. The summed E-state index contributed by atoms with van der Waals surface area (Å²) < 4.78 is 60.2. The van der Waals surface area contributed by atoms with E-state index in [1.807, 2.05) is 0 Å². The third-order valence-corrected chi connectivity index (χ3v) is 8.32. The molecule has 0 spiro atoms. The molecule has 164 valence electrons. The summed E-state index contributed by atoms with van der Waals surface area (Å²) in [5.41, 5.74) is 0.506. The van der Waals surface area contributed by atoms with E-state index < -0.39 is 21.7 Å². The van der Waals surface area contributed by atoms with Crippen molar-refractivity contribution < 1.29 is 26.7 Å². The molecule has 1 saturated heterocycles. The van der Waals surface area contributed by atoms with Gasteiger partial charge in [-0.2, -0.15) is 4.31 Å². The SMILES string of the molecule is COCc1c(C(=O)N2CCN(S(=O)(=O)c3ccc(F)cc3)CC2)sc2cccc(F)c12. The number of rotatable bonds is 5. The molecule has 10 heteroatoms. The number of hydrogen-bond acceptors (Lipinski definition) is 5. The highest BCUT2D eigenvalue weighted by atomic mass is 32.2. The van der Waals surface area contributed by atoms with Crippen molar-refractivity contribution in [2.24, 2.45) is 0 Å². The van der Waals surface area contributed by atoms with Crippen LogP contribution in [0.5, 0.6) is 0 Å². The van der Waals surface area contributed by atoms with Crippen molar-refractivity contribution in [3.05, 3.63) is 64.5 Å². The minimum Gasteiger partial charge on any atom is -0.380 e. The van der Waals surface area contributed by atoms with E-state index in [9.17, 15) is 22.0 Å². The Labute approximate surface area is 182 Å². The summed E-state index contributed by atoms with van der Waals surface area (Å²) in [7, 11) is -2.29. The van der Waals surface area contributed by atoms with Crippen LogP contribution in [0.1, 0.15) is 15.2 Å². The molecule has 1 aromatic heterocycles. The van der Waals surface area contributed by atoms with Crippen LogP contribution in [0.2, 0.25) is 0 Å². The molecule has 1 aliphatic heterocycles. The molecule has 0 saturated carbocycles. The maximum atomic E-state index is 14.4. The van der Waals surface area contributed by atoms with Crippen LogP contribution in [0.15, 0.2) is 47.4 Å². The van der Waals surface area contributed by atoms with Crippen molar-refractivity contribution in [3.8, 4) is 0 Å². The number of nitrogens with zero attached hydrogens (tertiary/aromatic N) is 2. The van der Waals surface area contributed by atoms with Crippen LogP contribution < -0.4 is 0 Å². The van der Waals surface area contributed by atoms with Gasteiger partial charge in [0.15, 0.2) is 0 Å². The zero-order valence-corrected chi connectivity index (χ0v) is 18.3. The van der Waals surface area contributed by atoms with Gasteiger partial charge in [-0.15, -0.1) is 11.3 Å². The van der Waals surface area contributed by atoms with Crippen molar-refractivity contribution in [2.45, 2.75) is 11.5 Å². The summed E-state index contributed by atoms with van der Waals surface area (Å²) in [5, 5.41) is 0.384. The number of hydrogen-bond donors (Lipinski definition) is 0. The Balaban J connectivity index is 1.54. The van der Waals surface area contributed by atoms with Gasteiger partial charge < -0.3 is 9.64 Å². The van der Waals surface area contributed by atoms with E-state index in [-0.39, 0.29) is 43.6 Å². The Bertz CT molecular complexity index is 1220. The zero-order chi connectivity index (χ0) is 22.2. The quantitative estimate of drug-likeness (QED) is 0.578. The molecule has 4 rings (SSSR count). The van der Waals surface area contributed by atoms with Crippen molar-refractivity contribution >= 4 is 37.4 Å². The summed E-state index contributed by atoms with van der Waals surface area (Å²) in [4.78, 5) is 15.2. The minimum atomic E-state index is -3.77. The average molecular weight is 467 g/mol. The lowest BCUT2D eigenvalue weighted by atomic mass is 10.1. The summed E-state index contributed by atoms with van der Waals surface area (Å²) in [6.07, 6.45) is 0. The fourth-order valence-corrected chi connectivity index (χ4v) is 6.26. The maximum absolute atomic E-state index is 14.4. The van der Waals surface area contributed by atoms with Gasteiger partial charge in [-0.05, 0) is 36.4 Å². The number of fused-ring (bicyclic) bond motifs is 1. The number of sulfonamides is 1. The van der Waals surface area contributed by atoms with Gasteiger partial charge in [-0.3, -0.25) is 4.79 Å². The number of ether oxygens (including phenoxy) is 1. The zero-order valence-electron chi connectivity index (χ0n) is 16.7. The highest BCUT2D eigenvalue weighted by molar-refractivity contribution is 7.89. The van der Waals surface area contributed by atoms with Crippen LogP contribution in [-0.2, 0) is 21.4 Å². The topological polar surface area (TPSA) is 66.9 Å². The molecule has 0 atom stereocenters. The van der Waals surface area contributed by atoms with Crippen LogP contribution in [-0.4, -0.2) is 56.8 Å². The van der Waals surface area contributed by atoms with Crippen LogP contribution >= 0.6 is 11.3 Å². The van der Waals surface area contributed by atoms with E-state index in [1.54, 1.807) is 17.0 Å². The number of halogens is 2. The largest absolute Gasteiger partial charge is 0.380 e. The molecule has 2 heterocycles. The first-order valence-corrected chi connectivity index (χ1v) is 11.8. The van der Waals surface area contributed by atoms with E-state index in [1.165, 1.54) is 41.0 Å². The van der Waals surface area contributed by atoms with E-state index in [4.69, 9.17) is 4.74 Å². The third kappa shape index (κ3) is 4.08. The minimum absolute atomic E-state index is 0.0102. The molecule has 0 radical (unpaired) electrons. The van der Waals surface area contributed by atoms with Crippen molar-refractivity contribution in [3.63, 3.8) is 0 Å². The molecule has 6 nitrogen and oxygen atoms in total. The highest BCUT2D eigenvalue weighted by Gasteiger charge is 2.32. The summed E-state index contributed by atoms with van der Waals surface area (Å²) >= 11 is 1.21. The van der Waals surface area contributed by atoms with Crippen molar-refractivity contribution in [2.75, 3.05) is 33.3 Å². The Hall–Kier alpha value is -2.40. The van der Waals surface area contributed by atoms with Gasteiger partial charge in [0.05, 0.1) is 16.4 Å². The number of benzene rings is 2. The smallest absolute Gasteiger partial charge is 0.264 e. The number of carbonyl (C=O) groups excluding carboxylic acids is 1. The van der Waals surface area contributed by atoms with E-state index in [0.717, 1.165) is 12.1 Å². The fraction of sp³-hybridized carbons (Fsp3) is 0.286. The molecule has 3 aromatic rings. The maximum Gasteiger partial charge on any atom is 0.264 e. The van der Waals surface area contributed by atoms with E-state index in [0.29, 0.717) is 20.5 Å². The van der Waals surface area contributed by atoms with Gasteiger partial charge in [-0.1, -0.05) is 6.07 Å². The molecular weight excluding hydrogens is 446 g/mol. The van der Waals surface area contributed by atoms with Gasteiger partial charge in [0.2, 0.25) is 10.0 Å². The Morgan fingerprint density at radius 1 is 1.06 bits per heavy atom. The summed E-state index contributed by atoms with van der Waals surface area (Å²) in [6, 6.07) is 9.36. The molecule has 2 aromatic carbocycles. The molecule has 0 aliphatic carbocycles. The van der Waals surface area contributed by atoms with Crippen LogP contribution in [0.3, 0.4) is 0 Å². The number of methoxy groups -OCH3 is 1. The normalized spacial score (nSPS) is 15.5. The second-order valence-electron chi connectivity index (χ2n) is 7.11. The average Bonchev–Trinajstić information content (AvgIpc) is 3.13. The molecule has 0 bridgehead atoms. The Kier molecular flexibility index (Phi) is 6.07. The predicted molar refractivity (Wildman–Crippen MR) is 114 cm³/mol. The first kappa shape index (κ1) is 21.8. The number of carbonyl (C=O) groups is 1. The van der Waals surface area contributed by atoms with Gasteiger partial charge in [-0.25, -0.2) is 17.2 Å². The van der Waals surface area contributed by atoms with Crippen molar-refractivity contribution in [1.29, 1.82) is 0 Å². The second-order valence-corrected chi connectivity index (χ2v) is 10.1. The monoisotopic (exact) mass is 466 g/mol. The lowest BCUT2D eigenvalue weighted by Gasteiger charge is -2.34. The van der Waals surface area contributed by atoms with Crippen LogP contribution in [0.4, 0.5) is 8.78 Å². The second kappa shape index (κ2) is 8.62. The Morgan fingerprint density at radius 2 is 1.74 bits per heavy atom. The van der Waals surface area contributed by atoms with Gasteiger partial charge in [0.25, 0.3) is 5.91 Å². The molecule has 0 N–H and O–H groups in total. The third-order valence-electron chi connectivity index (χ3n) is 5.22. The highest BCUT2D eigenvalue weighted by Crippen LogP contribution is 2.35. The Morgan fingerprint density at radius 3 is 2.39 bits per heavy atom. The van der Waals surface area contributed by atoms with E-state index >= 15 is 0 Å². The number of amides is 1. The lowest BCUT2D eigenvalue weighted by molar-refractivity contribution is 0.0699. The lowest BCUT2D eigenvalue weighted by Crippen LogP contribution is -2.50. The number of thiophene rings is 1. The summed E-state index contributed by atoms with van der Waals surface area (Å²) in [5.74, 6) is -1.19. The van der Waals surface area contributed by atoms with Crippen molar-refractivity contribution in [1.82, 2.24) is 9.21 Å². The van der Waals surface area contributed by atoms with Crippen LogP contribution in [0, 0.1) is 11.6 Å². The molecule has 31 heavy (non-hydrogen) atoms. The van der Waals surface area contributed by atoms with Gasteiger partial charge >= 0.3 is 0 Å². The first-order valence-electron chi connectivity index (χ1n) is 9.56. The van der Waals surface area contributed by atoms with Gasteiger partial charge in [0, 0.05) is 48.9 Å². The molecule has 1 fully saturated rings. The molecule has 0 unspecified atom stereocenters. The predicted octanol–water partition coefficient (Wildman–Crippen LogP) is 3.47. The van der Waals surface area contributed by atoms with E-state index in [2.05, 4.69) is 0 Å². The fourth-order valence-electron chi connectivity index (χ4n) is 3.65. The molecule has 1 aliphatic rings. The molecular formula is C21H20F2N2O4S2. The summed E-state index contributed by atoms with van der Waals surface area (Å²) in [6.45, 7) is 0.723.